The fourth-order valence-corrected chi connectivity index (χ4v) is 0.912. The van der Waals surface area contributed by atoms with Gasteiger partial charge in [0.2, 0.25) is 0 Å². The number of hydrogen-bond acceptors (Lipinski definition) is 2. The molecule has 2 nitrogen and oxygen atoms in total. The summed E-state index contributed by atoms with van der Waals surface area (Å²) < 4.78 is 0. The van der Waals surface area contributed by atoms with Crippen LogP contribution in [0.15, 0.2) is 12.3 Å². The smallest absolute Gasteiger partial charge is 0.00651 e. The molecule has 3 N–H and O–H groups in total. The van der Waals surface area contributed by atoms with Gasteiger partial charge in [-0.1, -0.05) is 13.5 Å². The monoisotopic (exact) mass is 142 g/mol. The van der Waals surface area contributed by atoms with E-state index in [2.05, 4.69) is 18.8 Å². The first-order valence-corrected chi connectivity index (χ1v) is 3.81. The van der Waals surface area contributed by atoms with E-state index >= 15 is 0 Å². The zero-order valence-corrected chi connectivity index (χ0v) is 6.98. The van der Waals surface area contributed by atoms with Crippen LogP contribution in [0.25, 0.3) is 0 Å². The molecule has 0 saturated carbocycles. The highest BCUT2D eigenvalue weighted by Crippen LogP contribution is 2.03. The first-order valence-electron chi connectivity index (χ1n) is 3.81. The Morgan fingerprint density at radius 3 is 2.60 bits per heavy atom. The number of nitrogens with two attached hydrogens (primary N) is 1. The van der Waals surface area contributed by atoms with Gasteiger partial charge in [-0.15, -0.1) is 0 Å². The van der Waals surface area contributed by atoms with Crippen LogP contribution in [0.1, 0.15) is 26.2 Å². The van der Waals surface area contributed by atoms with E-state index in [1.54, 1.807) is 0 Å². The van der Waals surface area contributed by atoms with E-state index in [4.69, 9.17) is 5.73 Å². The van der Waals surface area contributed by atoms with Gasteiger partial charge in [0.05, 0.1) is 0 Å². The molecule has 0 bridgehead atoms. The standard InChI is InChI=1S/C8H18N2/c1-4-8(10-3)6-5-7(2)9/h8,10H,2,4-6,9H2,1,3H3. The van der Waals surface area contributed by atoms with E-state index in [0.717, 1.165) is 25.0 Å². The minimum absolute atomic E-state index is 0.597. The Morgan fingerprint density at radius 1 is 1.70 bits per heavy atom. The van der Waals surface area contributed by atoms with Crippen LogP contribution in [0.4, 0.5) is 0 Å². The van der Waals surface area contributed by atoms with Gasteiger partial charge in [0, 0.05) is 11.7 Å². The molecule has 0 aliphatic carbocycles. The molecule has 0 aromatic rings. The number of nitrogens with one attached hydrogen (secondary N) is 1. The van der Waals surface area contributed by atoms with Crippen molar-refractivity contribution >= 4 is 0 Å². The summed E-state index contributed by atoms with van der Waals surface area (Å²) in [6, 6.07) is 0.597. The van der Waals surface area contributed by atoms with Crippen molar-refractivity contribution in [1.29, 1.82) is 0 Å². The van der Waals surface area contributed by atoms with Gasteiger partial charge in [0.15, 0.2) is 0 Å². The zero-order chi connectivity index (χ0) is 7.98. The third kappa shape index (κ3) is 4.39. The summed E-state index contributed by atoms with van der Waals surface area (Å²) in [5, 5.41) is 3.21. The van der Waals surface area contributed by atoms with Gasteiger partial charge in [-0.2, -0.15) is 0 Å². The summed E-state index contributed by atoms with van der Waals surface area (Å²) in [6.45, 7) is 5.81. The van der Waals surface area contributed by atoms with Crippen LogP contribution in [0.2, 0.25) is 0 Å². The Labute approximate surface area is 63.5 Å². The summed E-state index contributed by atoms with van der Waals surface area (Å²) in [5.74, 6) is 0. The van der Waals surface area contributed by atoms with Crippen LogP contribution in [0.5, 0.6) is 0 Å². The van der Waals surface area contributed by atoms with E-state index in [9.17, 15) is 0 Å². The highest BCUT2D eigenvalue weighted by Gasteiger charge is 2.01. The lowest BCUT2D eigenvalue weighted by Crippen LogP contribution is -2.24. The lowest BCUT2D eigenvalue weighted by Gasteiger charge is -2.12. The van der Waals surface area contributed by atoms with Crippen LogP contribution in [-0.4, -0.2) is 13.1 Å². The summed E-state index contributed by atoms with van der Waals surface area (Å²) >= 11 is 0. The van der Waals surface area contributed by atoms with Crippen molar-refractivity contribution < 1.29 is 0 Å². The molecule has 0 aromatic heterocycles. The number of allylic oxidation sites excluding steroid dienone is 1. The average Bonchev–Trinajstić information content (AvgIpc) is 1.90. The Balaban J connectivity index is 3.34. The predicted octanol–water partition coefficient (Wildman–Crippen LogP) is 1.24. The van der Waals surface area contributed by atoms with E-state index in [1.165, 1.54) is 0 Å². The largest absolute Gasteiger partial charge is 0.403 e. The molecule has 0 fully saturated rings. The molecule has 0 saturated heterocycles. The minimum Gasteiger partial charge on any atom is -0.403 e. The molecule has 0 radical (unpaired) electrons. The van der Waals surface area contributed by atoms with Gasteiger partial charge in [0.1, 0.15) is 0 Å². The van der Waals surface area contributed by atoms with Gasteiger partial charge < -0.3 is 11.1 Å². The van der Waals surface area contributed by atoms with Crippen molar-refractivity contribution in [2.24, 2.45) is 5.73 Å². The molecule has 2 heteroatoms. The highest BCUT2D eigenvalue weighted by atomic mass is 14.9. The van der Waals surface area contributed by atoms with Gasteiger partial charge in [-0.25, -0.2) is 0 Å². The molecule has 1 atom stereocenters. The molecule has 0 rings (SSSR count). The Morgan fingerprint density at radius 2 is 2.30 bits per heavy atom. The molecule has 1 unspecified atom stereocenters. The van der Waals surface area contributed by atoms with Crippen LogP contribution in [-0.2, 0) is 0 Å². The van der Waals surface area contributed by atoms with Crippen molar-refractivity contribution in [3.8, 4) is 0 Å². The van der Waals surface area contributed by atoms with Crippen LogP contribution in [0.3, 0.4) is 0 Å². The first-order chi connectivity index (χ1) is 4.70. The molecule has 0 aromatic carbocycles. The second-order valence-corrected chi connectivity index (χ2v) is 2.59. The lowest BCUT2D eigenvalue weighted by molar-refractivity contribution is 0.507. The normalized spacial score (nSPS) is 13.0. The van der Waals surface area contributed by atoms with Crippen molar-refractivity contribution in [2.45, 2.75) is 32.2 Å². The molecule has 60 valence electrons. The van der Waals surface area contributed by atoms with Gasteiger partial charge >= 0.3 is 0 Å². The number of rotatable bonds is 5. The molecule has 0 spiro atoms. The van der Waals surface area contributed by atoms with Crippen molar-refractivity contribution in [3.05, 3.63) is 12.3 Å². The van der Waals surface area contributed by atoms with Crippen LogP contribution >= 0.6 is 0 Å². The molecule has 10 heavy (non-hydrogen) atoms. The third-order valence-corrected chi connectivity index (χ3v) is 1.71. The lowest BCUT2D eigenvalue weighted by atomic mass is 10.1. The zero-order valence-electron chi connectivity index (χ0n) is 6.98. The average molecular weight is 142 g/mol. The van der Waals surface area contributed by atoms with Gasteiger partial charge in [0.25, 0.3) is 0 Å². The van der Waals surface area contributed by atoms with Crippen LogP contribution < -0.4 is 11.1 Å². The second kappa shape index (κ2) is 5.30. The SMILES string of the molecule is C=C(N)CCC(CC)NC. The third-order valence-electron chi connectivity index (χ3n) is 1.71. The molecule has 0 amide bonds. The number of hydrogen-bond donors (Lipinski definition) is 2. The highest BCUT2D eigenvalue weighted by molar-refractivity contribution is 4.86. The summed E-state index contributed by atoms with van der Waals surface area (Å²) in [5.41, 5.74) is 6.21. The van der Waals surface area contributed by atoms with Gasteiger partial charge in [-0.3, -0.25) is 0 Å². The van der Waals surface area contributed by atoms with Crippen molar-refractivity contribution in [3.63, 3.8) is 0 Å². The van der Waals surface area contributed by atoms with Crippen molar-refractivity contribution in [1.82, 2.24) is 5.32 Å². The maximum Gasteiger partial charge on any atom is 0.00651 e. The van der Waals surface area contributed by atoms with E-state index < -0.39 is 0 Å². The summed E-state index contributed by atoms with van der Waals surface area (Å²) in [7, 11) is 1.98. The van der Waals surface area contributed by atoms with E-state index in [-0.39, 0.29) is 0 Å². The minimum atomic E-state index is 0.597. The molecule has 0 aliphatic rings. The summed E-state index contributed by atoms with van der Waals surface area (Å²) in [4.78, 5) is 0. The van der Waals surface area contributed by atoms with Crippen LogP contribution in [0, 0.1) is 0 Å². The Bertz CT molecular complexity index is 95.4. The molecular weight excluding hydrogens is 124 g/mol. The molecule has 0 aliphatic heterocycles. The fourth-order valence-electron chi connectivity index (χ4n) is 0.912. The Hall–Kier alpha value is -0.500. The maximum absolute atomic E-state index is 5.43. The second-order valence-electron chi connectivity index (χ2n) is 2.59. The van der Waals surface area contributed by atoms with E-state index in [0.29, 0.717) is 6.04 Å². The molecule has 0 heterocycles. The molecular formula is C8H18N2. The topological polar surface area (TPSA) is 38.0 Å². The quantitative estimate of drug-likeness (QED) is 0.606. The first kappa shape index (κ1) is 9.50. The van der Waals surface area contributed by atoms with E-state index in [1.807, 2.05) is 7.05 Å². The predicted molar refractivity (Wildman–Crippen MR) is 45.7 cm³/mol. The summed E-state index contributed by atoms with van der Waals surface area (Å²) in [6.07, 6.45) is 3.19. The van der Waals surface area contributed by atoms with Gasteiger partial charge in [-0.05, 0) is 26.3 Å². The van der Waals surface area contributed by atoms with Crippen molar-refractivity contribution in [2.75, 3.05) is 7.05 Å². The Kier molecular flexibility index (Phi) is 5.03. The fraction of sp³-hybridized carbons (Fsp3) is 0.750. The maximum atomic E-state index is 5.43.